The van der Waals surface area contributed by atoms with Crippen LogP contribution in [-0.2, 0) is 0 Å². The SMILES string of the molecule is CC(CCO)CNC(=O)c1noc(C2CCCN2)n1. The number of hydrogen-bond acceptors (Lipinski definition) is 6. The molecule has 19 heavy (non-hydrogen) atoms. The summed E-state index contributed by atoms with van der Waals surface area (Å²) >= 11 is 0. The first kappa shape index (κ1) is 14.0. The number of aliphatic hydroxyl groups excluding tert-OH is 1. The summed E-state index contributed by atoms with van der Waals surface area (Å²) in [6.45, 7) is 3.51. The van der Waals surface area contributed by atoms with Crippen molar-refractivity contribution in [3.63, 3.8) is 0 Å². The molecule has 0 spiro atoms. The molecule has 1 aromatic heterocycles. The van der Waals surface area contributed by atoms with E-state index in [1.807, 2.05) is 6.92 Å². The maximum atomic E-state index is 11.8. The van der Waals surface area contributed by atoms with Crippen LogP contribution in [0.25, 0.3) is 0 Å². The predicted octanol–water partition coefficient (Wildman–Crippen LogP) is 0.242. The summed E-state index contributed by atoms with van der Waals surface area (Å²) in [6, 6.07) is 0.0716. The molecule has 0 aromatic carbocycles. The molecule has 106 valence electrons. The highest BCUT2D eigenvalue weighted by atomic mass is 16.5. The summed E-state index contributed by atoms with van der Waals surface area (Å²) in [7, 11) is 0. The molecule has 1 saturated heterocycles. The fourth-order valence-electron chi connectivity index (χ4n) is 2.03. The number of nitrogens with zero attached hydrogens (tertiary/aromatic N) is 2. The Morgan fingerprint density at radius 2 is 2.53 bits per heavy atom. The van der Waals surface area contributed by atoms with Gasteiger partial charge in [0.05, 0.1) is 6.04 Å². The van der Waals surface area contributed by atoms with Crippen molar-refractivity contribution in [3.05, 3.63) is 11.7 Å². The number of carbonyl (C=O) groups is 1. The van der Waals surface area contributed by atoms with Crippen molar-refractivity contribution in [1.82, 2.24) is 20.8 Å². The average Bonchev–Trinajstić information content (AvgIpc) is 3.06. The lowest BCUT2D eigenvalue weighted by Gasteiger charge is -2.09. The molecule has 0 aliphatic carbocycles. The van der Waals surface area contributed by atoms with Gasteiger partial charge in [-0.1, -0.05) is 12.1 Å². The van der Waals surface area contributed by atoms with Gasteiger partial charge in [-0.15, -0.1) is 0 Å². The molecule has 1 amide bonds. The molecular weight excluding hydrogens is 248 g/mol. The zero-order valence-corrected chi connectivity index (χ0v) is 11.1. The number of aromatic nitrogens is 2. The van der Waals surface area contributed by atoms with Gasteiger partial charge in [-0.25, -0.2) is 0 Å². The Hall–Kier alpha value is -1.47. The summed E-state index contributed by atoms with van der Waals surface area (Å²) in [6.07, 6.45) is 2.69. The third kappa shape index (κ3) is 3.74. The number of aliphatic hydroxyl groups is 1. The standard InChI is InChI=1S/C12H20N4O3/c1-8(4-6-17)7-14-11(18)10-15-12(19-16-10)9-3-2-5-13-9/h8-9,13,17H,2-7H2,1H3,(H,14,18). The van der Waals surface area contributed by atoms with Crippen molar-refractivity contribution in [2.24, 2.45) is 5.92 Å². The second-order valence-electron chi connectivity index (χ2n) is 4.93. The van der Waals surface area contributed by atoms with Gasteiger partial charge in [-0.3, -0.25) is 4.79 Å². The second kappa shape index (κ2) is 6.63. The van der Waals surface area contributed by atoms with Gasteiger partial charge < -0.3 is 20.3 Å². The first-order valence-electron chi connectivity index (χ1n) is 6.66. The zero-order chi connectivity index (χ0) is 13.7. The smallest absolute Gasteiger partial charge is 0.292 e. The third-order valence-electron chi connectivity index (χ3n) is 3.24. The molecule has 1 aliphatic heterocycles. The largest absolute Gasteiger partial charge is 0.396 e. The van der Waals surface area contributed by atoms with Crippen LogP contribution >= 0.6 is 0 Å². The fraction of sp³-hybridized carbons (Fsp3) is 0.750. The van der Waals surface area contributed by atoms with E-state index in [0.29, 0.717) is 18.9 Å². The van der Waals surface area contributed by atoms with Crippen LogP contribution in [0.4, 0.5) is 0 Å². The van der Waals surface area contributed by atoms with Crippen LogP contribution in [0.5, 0.6) is 0 Å². The Morgan fingerprint density at radius 1 is 1.68 bits per heavy atom. The van der Waals surface area contributed by atoms with E-state index < -0.39 is 0 Å². The third-order valence-corrected chi connectivity index (χ3v) is 3.24. The average molecular weight is 268 g/mol. The second-order valence-corrected chi connectivity index (χ2v) is 4.93. The van der Waals surface area contributed by atoms with Crippen LogP contribution in [0.15, 0.2) is 4.52 Å². The maximum absolute atomic E-state index is 11.8. The summed E-state index contributed by atoms with van der Waals surface area (Å²) in [5.74, 6) is 0.431. The van der Waals surface area contributed by atoms with Gasteiger partial charge in [0.1, 0.15) is 0 Å². The maximum Gasteiger partial charge on any atom is 0.292 e. The van der Waals surface area contributed by atoms with Gasteiger partial charge in [-0.2, -0.15) is 4.98 Å². The van der Waals surface area contributed by atoms with E-state index >= 15 is 0 Å². The quantitative estimate of drug-likeness (QED) is 0.683. The Labute approximate surface area is 111 Å². The highest BCUT2D eigenvalue weighted by molar-refractivity contribution is 5.90. The van der Waals surface area contributed by atoms with Gasteiger partial charge in [0.15, 0.2) is 0 Å². The molecule has 1 fully saturated rings. The minimum atomic E-state index is -0.335. The number of carbonyl (C=O) groups excluding carboxylic acids is 1. The van der Waals surface area contributed by atoms with E-state index in [4.69, 9.17) is 9.63 Å². The molecule has 2 rings (SSSR count). The monoisotopic (exact) mass is 268 g/mol. The zero-order valence-electron chi connectivity index (χ0n) is 11.1. The molecule has 2 unspecified atom stereocenters. The van der Waals surface area contributed by atoms with E-state index in [1.54, 1.807) is 0 Å². The van der Waals surface area contributed by atoms with Crippen LogP contribution in [0.2, 0.25) is 0 Å². The topological polar surface area (TPSA) is 100 Å². The van der Waals surface area contributed by atoms with Crippen molar-refractivity contribution in [3.8, 4) is 0 Å². The Morgan fingerprint density at radius 3 is 3.21 bits per heavy atom. The van der Waals surface area contributed by atoms with Crippen molar-refractivity contribution in [1.29, 1.82) is 0 Å². The van der Waals surface area contributed by atoms with Gasteiger partial charge in [0, 0.05) is 13.2 Å². The molecule has 0 saturated carbocycles. The minimum Gasteiger partial charge on any atom is -0.396 e. The number of rotatable bonds is 6. The first-order valence-corrected chi connectivity index (χ1v) is 6.66. The van der Waals surface area contributed by atoms with Crippen molar-refractivity contribution in [2.45, 2.75) is 32.2 Å². The van der Waals surface area contributed by atoms with Gasteiger partial charge in [-0.05, 0) is 31.7 Å². The molecule has 7 heteroatoms. The molecule has 0 radical (unpaired) electrons. The molecule has 1 aromatic rings. The van der Waals surface area contributed by atoms with E-state index in [1.165, 1.54) is 0 Å². The summed E-state index contributed by atoms with van der Waals surface area (Å²) in [5, 5.41) is 18.4. The Kier molecular flexibility index (Phi) is 4.86. The lowest BCUT2D eigenvalue weighted by Crippen LogP contribution is -2.29. The predicted molar refractivity (Wildman–Crippen MR) is 67.5 cm³/mol. The Balaban J connectivity index is 1.85. The van der Waals surface area contributed by atoms with E-state index in [-0.39, 0.29) is 30.3 Å². The van der Waals surface area contributed by atoms with Crippen LogP contribution in [-0.4, -0.2) is 40.9 Å². The number of hydrogen-bond donors (Lipinski definition) is 3. The van der Waals surface area contributed by atoms with Gasteiger partial charge in [0.25, 0.3) is 11.7 Å². The molecule has 3 N–H and O–H groups in total. The lowest BCUT2D eigenvalue weighted by molar-refractivity contribution is 0.0932. The molecule has 2 heterocycles. The van der Waals surface area contributed by atoms with E-state index in [0.717, 1.165) is 19.4 Å². The van der Waals surface area contributed by atoms with Crippen LogP contribution < -0.4 is 10.6 Å². The van der Waals surface area contributed by atoms with E-state index in [2.05, 4.69) is 20.8 Å². The van der Waals surface area contributed by atoms with Crippen molar-refractivity contribution >= 4 is 5.91 Å². The normalized spacial score (nSPS) is 20.4. The van der Waals surface area contributed by atoms with Crippen LogP contribution in [0.1, 0.15) is 48.7 Å². The molecule has 7 nitrogen and oxygen atoms in total. The molecule has 1 aliphatic rings. The molecule has 0 bridgehead atoms. The van der Waals surface area contributed by atoms with E-state index in [9.17, 15) is 4.79 Å². The highest BCUT2D eigenvalue weighted by Crippen LogP contribution is 2.20. The highest BCUT2D eigenvalue weighted by Gasteiger charge is 2.24. The number of nitrogens with one attached hydrogen (secondary N) is 2. The first-order chi connectivity index (χ1) is 9.20. The molecule has 2 atom stereocenters. The van der Waals surface area contributed by atoms with Crippen LogP contribution in [0, 0.1) is 5.92 Å². The summed E-state index contributed by atoms with van der Waals surface area (Å²) < 4.78 is 5.10. The molecular formula is C12H20N4O3. The van der Waals surface area contributed by atoms with Gasteiger partial charge in [0.2, 0.25) is 5.89 Å². The number of amides is 1. The van der Waals surface area contributed by atoms with Crippen molar-refractivity contribution in [2.75, 3.05) is 19.7 Å². The summed E-state index contributed by atoms with van der Waals surface area (Å²) in [4.78, 5) is 15.9. The minimum absolute atomic E-state index is 0.0694. The fourth-order valence-corrected chi connectivity index (χ4v) is 2.03. The van der Waals surface area contributed by atoms with Gasteiger partial charge >= 0.3 is 0 Å². The van der Waals surface area contributed by atoms with Crippen LogP contribution in [0.3, 0.4) is 0 Å². The van der Waals surface area contributed by atoms with Crippen molar-refractivity contribution < 1.29 is 14.4 Å². The Bertz CT molecular complexity index is 415. The lowest BCUT2D eigenvalue weighted by atomic mass is 10.1. The summed E-state index contributed by atoms with van der Waals surface area (Å²) in [5.41, 5.74) is 0.